The third-order valence-electron chi connectivity index (χ3n) is 3.05. The average molecular weight is 420 g/mol. The minimum absolute atomic E-state index is 0.632. The number of thiophene rings is 1. The van der Waals surface area contributed by atoms with Crippen LogP contribution in [0.3, 0.4) is 0 Å². The van der Waals surface area contributed by atoms with Gasteiger partial charge in [-0.25, -0.2) is 0 Å². The predicted molar refractivity (Wildman–Crippen MR) is 85.8 cm³/mol. The SMILES string of the molecule is OC(c1cc2c(cc1Br)OCCCO2)c1sccc1Br. The summed E-state index contributed by atoms with van der Waals surface area (Å²) in [7, 11) is 0. The summed E-state index contributed by atoms with van der Waals surface area (Å²) in [5, 5.41) is 12.5. The fraction of sp³-hybridized carbons (Fsp3) is 0.286. The first-order valence-corrected chi connectivity index (χ1v) is 8.63. The van der Waals surface area contributed by atoms with E-state index in [1.54, 1.807) is 0 Å². The average Bonchev–Trinajstić information content (AvgIpc) is 2.72. The molecule has 0 aliphatic carbocycles. The van der Waals surface area contributed by atoms with Crippen molar-refractivity contribution in [2.24, 2.45) is 0 Å². The third kappa shape index (κ3) is 2.74. The number of halogens is 2. The second-order valence-electron chi connectivity index (χ2n) is 4.41. The van der Waals surface area contributed by atoms with Gasteiger partial charge in [-0.3, -0.25) is 0 Å². The Morgan fingerprint density at radius 2 is 1.80 bits per heavy atom. The molecule has 0 fully saturated rings. The Bertz CT molecular complexity index is 627. The standard InChI is InChI=1S/C14H12Br2O3S/c15-9-2-5-20-14(9)13(17)8-6-11-12(7-10(8)16)19-4-1-3-18-11/h2,5-7,13,17H,1,3-4H2. The molecule has 0 amide bonds. The van der Waals surface area contributed by atoms with Gasteiger partial charge in [0.05, 0.1) is 18.1 Å². The molecule has 106 valence electrons. The summed E-state index contributed by atoms with van der Waals surface area (Å²) in [5.41, 5.74) is 0.775. The molecule has 1 unspecified atom stereocenters. The van der Waals surface area contributed by atoms with Crippen molar-refractivity contribution in [1.29, 1.82) is 0 Å². The van der Waals surface area contributed by atoms with Gasteiger partial charge in [0.15, 0.2) is 11.5 Å². The first-order valence-electron chi connectivity index (χ1n) is 6.17. The van der Waals surface area contributed by atoms with Gasteiger partial charge in [-0.05, 0) is 39.5 Å². The van der Waals surface area contributed by atoms with Gasteiger partial charge in [-0.15, -0.1) is 11.3 Å². The van der Waals surface area contributed by atoms with E-state index in [9.17, 15) is 5.11 Å². The summed E-state index contributed by atoms with van der Waals surface area (Å²) in [6.07, 6.45) is 0.164. The van der Waals surface area contributed by atoms with Crippen LogP contribution in [0.2, 0.25) is 0 Å². The van der Waals surface area contributed by atoms with Crippen LogP contribution in [0.15, 0.2) is 32.5 Å². The summed E-state index contributed by atoms with van der Waals surface area (Å²) < 4.78 is 13.0. The van der Waals surface area contributed by atoms with E-state index in [-0.39, 0.29) is 0 Å². The minimum Gasteiger partial charge on any atom is -0.490 e. The maximum absolute atomic E-state index is 10.6. The van der Waals surface area contributed by atoms with Crippen molar-refractivity contribution in [2.75, 3.05) is 13.2 Å². The Kier molecular flexibility index (Phi) is 4.35. The third-order valence-corrected chi connectivity index (χ3v) is 5.66. The Morgan fingerprint density at radius 3 is 2.45 bits per heavy atom. The zero-order valence-corrected chi connectivity index (χ0v) is 14.4. The molecule has 3 nitrogen and oxygen atoms in total. The number of hydrogen-bond acceptors (Lipinski definition) is 4. The number of benzene rings is 1. The summed E-state index contributed by atoms with van der Waals surface area (Å²) >= 11 is 8.47. The van der Waals surface area contributed by atoms with Crippen molar-refractivity contribution >= 4 is 43.2 Å². The summed E-state index contributed by atoms with van der Waals surface area (Å²) in [6, 6.07) is 5.64. The largest absolute Gasteiger partial charge is 0.490 e. The van der Waals surface area contributed by atoms with Crippen molar-refractivity contribution < 1.29 is 14.6 Å². The number of aliphatic hydroxyl groups excluding tert-OH is 1. The number of hydrogen-bond donors (Lipinski definition) is 1. The van der Waals surface area contributed by atoms with E-state index in [2.05, 4.69) is 31.9 Å². The normalized spacial score (nSPS) is 15.8. The molecule has 2 aromatic rings. The van der Waals surface area contributed by atoms with Gasteiger partial charge in [0.25, 0.3) is 0 Å². The van der Waals surface area contributed by atoms with E-state index in [0.717, 1.165) is 31.6 Å². The van der Waals surface area contributed by atoms with E-state index in [0.29, 0.717) is 19.0 Å². The predicted octanol–water partition coefficient (Wildman–Crippen LogP) is 4.52. The lowest BCUT2D eigenvalue weighted by molar-refractivity contribution is 0.221. The highest BCUT2D eigenvalue weighted by Crippen LogP contribution is 2.41. The van der Waals surface area contributed by atoms with E-state index in [1.165, 1.54) is 11.3 Å². The van der Waals surface area contributed by atoms with Crippen molar-refractivity contribution in [3.8, 4) is 11.5 Å². The molecular formula is C14H12Br2O3S. The molecule has 0 spiro atoms. The first-order chi connectivity index (χ1) is 9.66. The molecule has 3 rings (SSSR count). The number of ether oxygens (including phenoxy) is 2. The smallest absolute Gasteiger partial charge is 0.162 e. The van der Waals surface area contributed by atoms with Crippen LogP contribution in [0.25, 0.3) is 0 Å². The van der Waals surface area contributed by atoms with Crippen molar-refractivity contribution in [3.63, 3.8) is 0 Å². The zero-order valence-electron chi connectivity index (χ0n) is 10.4. The van der Waals surface area contributed by atoms with Gasteiger partial charge < -0.3 is 14.6 Å². The Hall–Kier alpha value is -0.560. The number of aliphatic hydroxyl groups is 1. The van der Waals surface area contributed by atoms with Gasteiger partial charge in [-0.2, -0.15) is 0 Å². The topological polar surface area (TPSA) is 38.7 Å². The van der Waals surface area contributed by atoms with Crippen LogP contribution in [0.5, 0.6) is 11.5 Å². The quantitative estimate of drug-likeness (QED) is 0.777. The van der Waals surface area contributed by atoms with E-state index >= 15 is 0 Å². The molecule has 0 saturated carbocycles. The second-order valence-corrected chi connectivity index (χ2v) is 7.06. The molecular weight excluding hydrogens is 408 g/mol. The molecule has 20 heavy (non-hydrogen) atoms. The monoisotopic (exact) mass is 418 g/mol. The van der Waals surface area contributed by atoms with Gasteiger partial charge in [0.2, 0.25) is 0 Å². The van der Waals surface area contributed by atoms with Gasteiger partial charge in [0, 0.05) is 20.9 Å². The van der Waals surface area contributed by atoms with Crippen LogP contribution in [0, 0.1) is 0 Å². The Morgan fingerprint density at radius 1 is 1.10 bits per heavy atom. The van der Waals surface area contributed by atoms with Crippen LogP contribution in [-0.2, 0) is 0 Å². The molecule has 1 aliphatic rings. The maximum Gasteiger partial charge on any atom is 0.162 e. The van der Waals surface area contributed by atoms with Crippen molar-refractivity contribution in [2.45, 2.75) is 12.5 Å². The molecule has 0 radical (unpaired) electrons. The van der Waals surface area contributed by atoms with Gasteiger partial charge in [-0.1, -0.05) is 15.9 Å². The summed E-state index contributed by atoms with van der Waals surface area (Å²) in [4.78, 5) is 0.875. The molecule has 1 aliphatic heterocycles. The summed E-state index contributed by atoms with van der Waals surface area (Å²) in [5.74, 6) is 1.41. The lowest BCUT2D eigenvalue weighted by atomic mass is 10.1. The number of rotatable bonds is 2. The number of fused-ring (bicyclic) bond motifs is 1. The highest BCUT2D eigenvalue weighted by Gasteiger charge is 2.21. The molecule has 0 saturated heterocycles. The van der Waals surface area contributed by atoms with E-state index < -0.39 is 6.10 Å². The molecule has 6 heteroatoms. The van der Waals surface area contributed by atoms with E-state index in [4.69, 9.17) is 9.47 Å². The fourth-order valence-electron chi connectivity index (χ4n) is 2.05. The molecule has 1 aromatic carbocycles. The molecule has 1 N–H and O–H groups in total. The highest BCUT2D eigenvalue weighted by atomic mass is 79.9. The van der Waals surface area contributed by atoms with Gasteiger partial charge >= 0.3 is 0 Å². The van der Waals surface area contributed by atoms with Crippen LogP contribution >= 0.6 is 43.2 Å². The van der Waals surface area contributed by atoms with Crippen LogP contribution in [0.1, 0.15) is 23.0 Å². The van der Waals surface area contributed by atoms with Crippen LogP contribution in [0.4, 0.5) is 0 Å². The second kappa shape index (κ2) is 6.05. The lowest BCUT2D eigenvalue weighted by Gasteiger charge is -2.15. The van der Waals surface area contributed by atoms with Crippen molar-refractivity contribution in [1.82, 2.24) is 0 Å². The summed E-state index contributed by atoms with van der Waals surface area (Å²) in [6.45, 7) is 1.28. The van der Waals surface area contributed by atoms with Crippen LogP contribution in [-0.4, -0.2) is 18.3 Å². The van der Waals surface area contributed by atoms with Crippen LogP contribution < -0.4 is 9.47 Å². The maximum atomic E-state index is 10.6. The highest BCUT2D eigenvalue weighted by molar-refractivity contribution is 9.10. The molecule has 1 atom stereocenters. The Balaban J connectivity index is 2.01. The fourth-order valence-corrected chi connectivity index (χ4v) is 4.18. The zero-order chi connectivity index (χ0) is 14.1. The molecule has 2 heterocycles. The molecule has 1 aromatic heterocycles. The molecule has 0 bridgehead atoms. The first kappa shape index (κ1) is 14.4. The Labute approximate surface area is 137 Å². The van der Waals surface area contributed by atoms with Crippen molar-refractivity contribution in [3.05, 3.63) is 43.0 Å². The van der Waals surface area contributed by atoms with Gasteiger partial charge in [0.1, 0.15) is 6.10 Å². The lowest BCUT2D eigenvalue weighted by Crippen LogP contribution is -2.01. The van der Waals surface area contributed by atoms with E-state index in [1.807, 2.05) is 23.6 Å². The minimum atomic E-state index is -0.698.